The molecule has 7 heteroatoms. The second kappa shape index (κ2) is 8.81. The lowest BCUT2D eigenvalue weighted by molar-refractivity contribution is -0.138. The van der Waals surface area contributed by atoms with Gasteiger partial charge in [0.05, 0.1) is 19.3 Å². The van der Waals surface area contributed by atoms with Crippen LogP contribution in [0.25, 0.3) is 0 Å². The van der Waals surface area contributed by atoms with E-state index in [-0.39, 0.29) is 24.7 Å². The van der Waals surface area contributed by atoms with Crippen molar-refractivity contribution in [1.82, 2.24) is 4.90 Å². The summed E-state index contributed by atoms with van der Waals surface area (Å²) >= 11 is 0. The molecule has 0 aromatic carbocycles. The predicted octanol–water partition coefficient (Wildman–Crippen LogP) is 2.85. The largest absolute Gasteiger partial charge is 0.462 e. The van der Waals surface area contributed by atoms with E-state index >= 15 is 0 Å². The highest BCUT2D eigenvalue weighted by Crippen LogP contribution is 2.44. The number of carbonyl (C=O) groups is 2. The molecule has 2 unspecified atom stereocenters. The number of rotatable bonds is 7. The van der Waals surface area contributed by atoms with Gasteiger partial charge in [0.15, 0.2) is 0 Å². The first-order chi connectivity index (χ1) is 11.6. The van der Waals surface area contributed by atoms with Crippen LogP contribution in [0.1, 0.15) is 46.5 Å². The lowest BCUT2D eigenvalue weighted by Gasteiger charge is -2.49. The van der Waals surface area contributed by atoms with Gasteiger partial charge in [-0.25, -0.2) is 19.4 Å². The molecule has 2 atom stereocenters. The first kappa shape index (κ1) is 20.9. The molecule has 0 saturated heterocycles. The molecule has 0 heterocycles. The Hall–Kier alpha value is -2.14. The van der Waals surface area contributed by atoms with Crippen molar-refractivity contribution in [2.45, 2.75) is 58.0 Å². The molecule has 0 aliphatic heterocycles. The molecule has 0 radical (unpaired) electrons. The maximum Gasteiger partial charge on any atom is 0.409 e. The Bertz CT molecular complexity index is 554. The maximum atomic E-state index is 12.3. The van der Waals surface area contributed by atoms with Crippen molar-refractivity contribution in [1.29, 1.82) is 0 Å². The number of hydrogen-bond donors (Lipinski definition) is 0. The van der Waals surface area contributed by atoms with E-state index in [9.17, 15) is 14.4 Å². The molecule has 1 saturated carbocycles. The van der Waals surface area contributed by atoms with E-state index in [2.05, 4.69) is 25.4 Å². The van der Waals surface area contributed by atoms with Gasteiger partial charge in [-0.1, -0.05) is 20.4 Å². The van der Waals surface area contributed by atoms with E-state index in [1.54, 1.807) is 18.0 Å². The van der Waals surface area contributed by atoms with Crippen molar-refractivity contribution >= 4 is 18.1 Å². The van der Waals surface area contributed by atoms with Gasteiger partial charge in [-0.15, -0.1) is 0 Å². The summed E-state index contributed by atoms with van der Waals surface area (Å²) in [5.74, 6) is -0.498. The number of ether oxygens (including phenoxy) is 2. The van der Waals surface area contributed by atoms with Crippen LogP contribution in [-0.2, 0) is 19.1 Å². The summed E-state index contributed by atoms with van der Waals surface area (Å²) in [5, 5.41) is 0. The van der Waals surface area contributed by atoms with Gasteiger partial charge in [0.25, 0.3) is 0 Å². The van der Waals surface area contributed by atoms with E-state index in [0.717, 1.165) is 18.9 Å². The topological polar surface area (TPSA) is 85.3 Å². The van der Waals surface area contributed by atoms with Gasteiger partial charge >= 0.3 is 12.1 Å². The lowest BCUT2D eigenvalue weighted by Crippen LogP contribution is -2.54. The predicted molar refractivity (Wildman–Crippen MR) is 92.8 cm³/mol. The van der Waals surface area contributed by atoms with Gasteiger partial charge in [0.2, 0.25) is 6.08 Å². The SMILES string of the molecule is C=CC(=O)OCCCOC(=O)N(C)C1(C)CC(N=C=O)CC(C)(C)C1. The minimum absolute atomic E-state index is 0.0502. The summed E-state index contributed by atoms with van der Waals surface area (Å²) in [4.78, 5) is 39.4. The summed E-state index contributed by atoms with van der Waals surface area (Å²) in [7, 11) is 1.70. The fourth-order valence-electron chi connectivity index (χ4n) is 3.58. The van der Waals surface area contributed by atoms with Crippen LogP contribution < -0.4 is 0 Å². The third-order valence-corrected chi connectivity index (χ3v) is 4.57. The molecule has 0 spiro atoms. The van der Waals surface area contributed by atoms with E-state index in [4.69, 9.17) is 9.47 Å². The molecule has 1 aliphatic carbocycles. The number of carbonyl (C=O) groups excluding carboxylic acids is 3. The van der Waals surface area contributed by atoms with Gasteiger partial charge in [0.1, 0.15) is 0 Å². The Kier molecular flexibility index (Phi) is 7.37. The molecule has 1 fully saturated rings. The molecule has 7 nitrogen and oxygen atoms in total. The summed E-state index contributed by atoms with van der Waals surface area (Å²) in [6.45, 7) is 9.81. The van der Waals surface area contributed by atoms with Crippen LogP contribution in [0.3, 0.4) is 0 Å². The number of hydrogen-bond acceptors (Lipinski definition) is 6. The third kappa shape index (κ3) is 6.35. The highest BCUT2D eigenvalue weighted by atomic mass is 16.6. The first-order valence-electron chi connectivity index (χ1n) is 8.40. The molecule has 0 aromatic heterocycles. The second-order valence-corrected chi connectivity index (χ2v) is 7.52. The van der Waals surface area contributed by atoms with Crippen LogP contribution >= 0.6 is 0 Å². The third-order valence-electron chi connectivity index (χ3n) is 4.57. The van der Waals surface area contributed by atoms with Crippen molar-refractivity contribution < 1.29 is 23.9 Å². The zero-order chi connectivity index (χ0) is 19.1. The molecule has 1 aliphatic rings. The number of isocyanates is 1. The van der Waals surface area contributed by atoms with Gasteiger partial charge in [-0.3, -0.25) is 0 Å². The molecule has 0 aromatic rings. The van der Waals surface area contributed by atoms with Gasteiger partial charge < -0.3 is 14.4 Å². The van der Waals surface area contributed by atoms with Crippen molar-refractivity contribution in [3.8, 4) is 0 Å². The molecule has 0 bridgehead atoms. The Morgan fingerprint density at radius 2 is 1.92 bits per heavy atom. The highest BCUT2D eigenvalue weighted by molar-refractivity contribution is 5.81. The molecule has 25 heavy (non-hydrogen) atoms. The summed E-state index contributed by atoms with van der Waals surface area (Å²) < 4.78 is 10.1. The van der Waals surface area contributed by atoms with Gasteiger partial charge in [-0.05, 0) is 31.6 Å². The Morgan fingerprint density at radius 1 is 1.28 bits per heavy atom. The van der Waals surface area contributed by atoms with Crippen molar-refractivity contribution in [3.63, 3.8) is 0 Å². The Balaban J connectivity index is 2.58. The summed E-state index contributed by atoms with van der Waals surface area (Å²) in [6, 6.07) is -0.153. The minimum atomic E-state index is -0.498. The number of esters is 1. The van der Waals surface area contributed by atoms with Crippen LogP contribution in [-0.4, -0.2) is 54.9 Å². The standard InChI is InChI=1S/C18H28N2O5/c1-6-15(22)24-8-7-9-25-16(23)20(5)18(4)11-14(19-13-21)10-17(2,3)12-18/h6,14H,1,7-12H2,2-5H3. The van der Waals surface area contributed by atoms with Gasteiger partial charge in [0, 0.05) is 25.1 Å². The molecule has 1 rings (SSSR count). The maximum absolute atomic E-state index is 12.3. The number of amides is 1. The lowest BCUT2D eigenvalue weighted by atomic mass is 9.66. The molecule has 140 valence electrons. The Morgan fingerprint density at radius 3 is 2.52 bits per heavy atom. The molecular formula is C18H28N2O5. The van der Waals surface area contributed by atoms with Crippen molar-refractivity contribution in [2.75, 3.05) is 20.3 Å². The van der Waals surface area contributed by atoms with Gasteiger partial charge in [-0.2, -0.15) is 0 Å². The smallest absolute Gasteiger partial charge is 0.409 e. The monoisotopic (exact) mass is 352 g/mol. The molecule has 1 amide bonds. The van der Waals surface area contributed by atoms with Crippen molar-refractivity contribution in [2.24, 2.45) is 10.4 Å². The van der Waals surface area contributed by atoms with Crippen molar-refractivity contribution in [3.05, 3.63) is 12.7 Å². The summed E-state index contributed by atoms with van der Waals surface area (Å²) in [5.41, 5.74) is -0.509. The zero-order valence-corrected chi connectivity index (χ0v) is 15.5. The second-order valence-electron chi connectivity index (χ2n) is 7.52. The summed E-state index contributed by atoms with van der Waals surface area (Å²) in [6.07, 6.45) is 4.86. The van der Waals surface area contributed by atoms with E-state index in [1.807, 2.05) is 6.92 Å². The van der Waals surface area contributed by atoms with Crippen LogP contribution in [0.4, 0.5) is 4.79 Å². The average Bonchev–Trinajstić information content (AvgIpc) is 2.51. The fourth-order valence-corrected chi connectivity index (χ4v) is 3.58. The fraction of sp³-hybridized carbons (Fsp3) is 0.722. The zero-order valence-electron chi connectivity index (χ0n) is 15.5. The van der Waals surface area contributed by atoms with Crippen LogP contribution in [0, 0.1) is 5.41 Å². The first-order valence-corrected chi connectivity index (χ1v) is 8.40. The number of aliphatic imine (C=N–C) groups is 1. The normalized spacial score (nSPS) is 24.6. The van der Waals surface area contributed by atoms with Crippen LogP contribution in [0.15, 0.2) is 17.6 Å². The minimum Gasteiger partial charge on any atom is -0.462 e. The quantitative estimate of drug-likeness (QED) is 0.231. The Labute approximate surface area is 149 Å². The number of nitrogens with zero attached hydrogens (tertiary/aromatic N) is 2. The highest BCUT2D eigenvalue weighted by Gasteiger charge is 2.45. The molecular weight excluding hydrogens is 324 g/mol. The molecule has 0 N–H and O–H groups in total. The average molecular weight is 352 g/mol. The van der Waals surface area contributed by atoms with Crippen LogP contribution in [0.5, 0.6) is 0 Å². The van der Waals surface area contributed by atoms with E-state index in [0.29, 0.717) is 12.8 Å². The van der Waals surface area contributed by atoms with Crippen LogP contribution in [0.2, 0.25) is 0 Å². The van der Waals surface area contributed by atoms with E-state index < -0.39 is 17.6 Å². The van der Waals surface area contributed by atoms with E-state index in [1.165, 1.54) is 0 Å².